The van der Waals surface area contributed by atoms with Gasteiger partial charge in [-0.05, 0) is 25.1 Å². The summed E-state index contributed by atoms with van der Waals surface area (Å²) >= 11 is 0. The molecule has 2 aromatic carbocycles. The van der Waals surface area contributed by atoms with Gasteiger partial charge in [-0.3, -0.25) is 0 Å². The molecule has 0 atom stereocenters. The van der Waals surface area contributed by atoms with Crippen molar-refractivity contribution in [3.8, 4) is 16.9 Å². The summed E-state index contributed by atoms with van der Waals surface area (Å²) in [5, 5.41) is 16.1. The van der Waals surface area contributed by atoms with Crippen LogP contribution in [0.5, 0.6) is 0 Å². The Labute approximate surface area is 163 Å². The maximum Gasteiger partial charge on any atom is 0.418 e. The van der Waals surface area contributed by atoms with Crippen molar-refractivity contribution in [1.82, 2.24) is 14.8 Å². The predicted octanol–water partition coefficient (Wildman–Crippen LogP) is 3.78. The topological polar surface area (TPSA) is 70.8 Å². The van der Waals surface area contributed by atoms with E-state index in [-0.39, 0.29) is 28.0 Å². The molecule has 0 aliphatic heterocycles. The molecular formula is C21H13F3N3O2-. The molecule has 0 aliphatic rings. The summed E-state index contributed by atoms with van der Waals surface area (Å²) in [7, 11) is 0. The largest absolute Gasteiger partial charge is 0.545 e. The number of alkyl halides is 3. The zero-order chi connectivity index (χ0) is 20.8. The van der Waals surface area contributed by atoms with Crippen LogP contribution in [0.3, 0.4) is 0 Å². The zero-order valence-corrected chi connectivity index (χ0v) is 15.1. The van der Waals surface area contributed by atoms with E-state index in [4.69, 9.17) is 0 Å². The Balaban J connectivity index is 2.08. The van der Waals surface area contributed by atoms with Gasteiger partial charge >= 0.3 is 6.18 Å². The first kappa shape index (κ1) is 18.7. The number of hydrogen-bond acceptors (Lipinski definition) is 4. The fourth-order valence-electron chi connectivity index (χ4n) is 3.27. The highest BCUT2D eigenvalue weighted by atomic mass is 19.4. The van der Waals surface area contributed by atoms with Crippen LogP contribution >= 0.6 is 0 Å². The van der Waals surface area contributed by atoms with Crippen molar-refractivity contribution in [2.45, 2.75) is 13.1 Å². The predicted molar refractivity (Wildman–Crippen MR) is 98.4 cm³/mol. The normalized spacial score (nSPS) is 11.7. The smallest absolute Gasteiger partial charge is 0.418 e. The first-order valence-electron chi connectivity index (χ1n) is 8.61. The molecule has 0 amide bonds. The van der Waals surface area contributed by atoms with E-state index in [9.17, 15) is 23.1 Å². The lowest BCUT2D eigenvalue weighted by atomic mass is 10.1. The van der Waals surface area contributed by atoms with E-state index in [1.54, 1.807) is 30.3 Å². The molecule has 0 saturated heterocycles. The minimum atomic E-state index is -4.61. The van der Waals surface area contributed by atoms with Crippen LogP contribution in [-0.4, -0.2) is 20.7 Å². The van der Waals surface area contributed by atoms with Gasteiger partial charge in [0.15, 0.2) is 5.65 Å². The van der Waals surface area contributed by atoms with E-state index in [1.807, 2.05) is 0 Å². The SMILES string of the molecule is Cc1nn(-c2ccccc2C(F)(F)F)c2nc(-c3ccccc3)cc(C(=O)[O-])c12. The number of benzene rings is 2. The van der Waals surface area contributed by atoms with Crippen LogP contribution in [-0.2, 0) is 6.18 Å². The first-order valence-corrected chi connectivity index (χ1v) is 8.61. The molecule has 0 bridgehead atoms. The summed E-state index contributed by atoms with van der Waals surface area (Å²) in [4.78, 5) is 16.2. The average molecular weight is 396 g/mol. The lowest BCUT2D eigenvalue weighted by molar-refractivity contribution is -0.254. The number of carbonyl (C=O) groups is 1. The second-order valence-corrected chi connectivity index (χ2v) is 6.42. The number of rotatable bonds is 3. The van der Waals surface area contributed by atoms with Gasteiger partial charge in [0.25, 0.3) is 0 Å². The monoisotopic (exact) mass is 396 g/mol. The number of carbonyl (C=O) groups excluding carboxylic acids is 1. The fraction of sp³-hybridized carbons (Fsp3) is 0.0952. The molecule has 8 heteroatoms. The van der Waals surface area contributed by atoms with E-state index in [1.165, 1.54) is 31.2 Å². The number of fused-ring (bicyclic) bond motifs is 1. The number of aryl methyl sites for hydroxylation is 1. The second kappa shape index (κ2) is 6.73. The number of pyridine rings is 1. The van der Waals surface area contributed by atoms with E-state index in [0.717, 1.165) is 10.7 Å². The number of para-hydroxylation sites is 1. The molecule has 2 aromatic heterocycles. The Morgan fingerprint density at radius 2 is 1.69 bits per heavy atom. The van der Waals surface area contributed by atoms with E-state index >= 15 is 0 Å². The van der Waals surface area contributed by atoms with Gasteiger partial charge in [0.05, 0.1) is 34.0 Å². The number of aromatic carboxylic acids is 1. The van der Waals surface area contributed by atoms with E-state index in [0.29, 0.717) is 11.3 Å². The van der Waals surface area contributed by atoms with Crippen molar-refractivity contribution in [2.75, 3.05) is 0 Å². The number of aromatic nitrogens is 3. The van der Waals surface area contributed by atoms with Crippen LogP contribution in [0.15, 0.2) is 60.7 Å². The van der Waals surface area contributed by atoms with Crippen molar-refractivity contribution in [3.05, 3.63) is 77.5 Å². The van der Waals surface area contributed by atoms with Crippen molar-refractivity contribution in [3.63, 3.8) is 0 Å². The van der Waals surface area contributed by atoms with E-state index < -0.39 is 17.7 Å². The molecule has 4 aromatic rings. The van der Waals surface area contributed by atoms with Gasteiger partial charge in [-0.2, -0.15) is 18.3 Å². The standard InChI is InChI=1S/C21H14F3N3O2/c1-12-18-14(20(28)29)11-16(13-7-3-2-4-8-13)25-19(18)27(26-12)17-10-6-5-9-15(17)21(22,23)24/h2-11H,1H3,(H,28,29)/p-1. The van der Waals surface area contributed by atoms with Crippen molar-refractivity contribution in [2.24, 2.45) is 0 Å². The maximum absolute atomic E-state index is 13.5. The lowest BCUT2D eigenvalue weighted by Crippen LogP contribution is -2.23. The minimum absolute atomic E-state index is 0.0137. The third-order valence-corrected chi connectivity index (χ3v) is 4.54. The number of carboxylic acids is 1. The highest BCUT2D eigenvalue weighted by molar-refractivity contribution is 6.03. The van der Waals surface area contributed by atoms with Gasteiger partial charge in [-0.25, -0.2) is 9.67 Å². The Morgan fingerprint density at radius 3 is 2.34 bits per heavy atom. The van der Waals surface area contributed by atoms with Crippen molar-refractivity contribution >= 4 is 17.0 Å². The summed E-state index contributed by atoms with van der Waals surface area (Å²) in [6.45, 7) is 1.52. The molecule has 0 aliphatic carbocycles. The van der Waals surface area contributed by atoms with Crippen LogP contribution in [0.25, 0.3) is 28.0 Å². The second-order valence-electron chi connectivity index (χ2n) is 6.42. The molecular weight excluding hydrogens is 383 g/mol. The summed E-state index contributed by atoms with van der Waals surface area (Å²) in [5.74, 6) is -1.46. The van der Waals surface area contributed by atoms with Crippen LogP contribution < -0.4 is 5.11 Å². The third kappa shape index (κ3) is 3.22. The van der Waals surface area contributed by atoms with Gasteiger partial charge in [0.2, 0.25) is 0 Å². The molecule has 2 heterocycles. The summed E-state index contributed by atoms with van der Waals surface area (Å²) < 4.78 is 41.6. The van der Waals surface area contributed by atoms with Gasteiger partial charge in [-0.1, -0.05) is 42.5 Å². The molecule has 0 unspecified atom stereocenters. The van der Waals surface area contributed by atoms with Crippen LogP contribution in [0.4, 0.5) is 13.2 Å². The molecule has 5 nitrogen and oxygen atoms in total. The Morgan fingerprint density at radius 1 is 1.03 bits per heavy atom. The van der Waals surface area contributed by atoms with Crippen LogP contribution in [0.1, 0.15) is 21.6 Å². The molecule has 0 radical (unpaired) electrons. The zero-order valence-electron chi connectivity index (χ0n) is 15.1. The minimum Gasteiger partial charge on any atom is -0.545 e. The maximum atomic E-state index is 13.5. The Bertz CT molecular complexity index is 1230. The molecule has 4 rings (SSSR count). The highest BCUT2D eigenvalue weighted by Gasteiger charge is 2.34. The van der Waals surface area contributed by atoms with E-state index in [2.05, 4.69) is 10.1 Å². The number of carboxylic acid groups (broad SMARTS) is 1. The molecule has 0 N–H and O–H groups in total. The molecule has 0 fully saturated rings. The Hall–Kier alpha value is -3.68. The van der Waals surface area contributed by atoms with Crippen LogP contribution in [0.2, 0.25) is 0 Å². The van der Waals surface area contributed by atoms with Crippen molar-refractivity contribution in [1.29, 1.82) is 0 Å². The molecule has 29 heavy (non-hydrogen) atoms. The first-order chi connectivity index (χ1) is 13.8. The fourth-order valence-corrected chi connectivity index (χ4v) is 3.27. The number of halogens is 3. The van der Waals surface area contributed by atoms with Crippen LogP contribution in [0, 0.1) is 6.92 Å². The number of hydrogen-bond donors (Lipinski definition) is 0. The van der Waals surface area contributed by atoms with Gasteiger partial charge in [0, 0.05) is 11.1 Å². The summed E-state index contributed by atoms with van der Waals surface area (Å²) in [6.07, 6.45) is -4.61. The van der Waals surface area contributed by atoms with Gasteiger partial charge in [-0.15, -0.1) is 0 Å². The molecule has 146 valence electrons. The number of nitrogens with zero attached hydrogens (tertiary/aromatic N) is 3. The average Bonchev–Trinajstić information content (AvgIpc) is 3.04. The van der Waals surface area contributed by atoms with Gasteiger partial charge in [0.1, 0.15) is 0 Å². The van der Waals surface area contributed by atoms with Gasteiger partial charge < -0.3 is 9.90 Å². The highest BCUT2D eigenvalue weighted by Crippen LogP contribution is 2.35. The Kier molecular flexibility index (Phi) is 4.34. The molecule has 0 spiro atoms. The lowest BCUT2D eigenvalue weighted by Gasteiger charge is -2.14. The summed E-state index contributed by atoms with van der Waals surface area (Å²) in [5.41, 5.74) is -0.147. The third-order valence-electron chi connectivity index (χ3n) is 4.54. The molecule has 0 saturated carbocycles. The quantitative estimate of drug-likeness (QED) is 0.529. The summed E-state index contributed by atoms with van der Waals surface area (Å²) in [6, 6.07) is 15.0. The van der Waals surface area contributed by atoms with Crippen molar-refractivity contribution < 1.29 is 23.1 Å².